The summed E-state index contributed by atoms with van der Waals surface area (Å²) in [5.74, 6) is 0.329. The highest BCUT2D eigenvalue weighted by atomic mass is 32.2. The molecule has 23 heavy (non-hydrogen) atoms. The summed E-state index contributed by atoms with van der Waals surface area (Å²) < 4.78 is 1.84. The van der Waals surface area contributed by atoms with E-state index in [9.17, 15) is 4.79 Å². The smallest absolute Gasteiger partial charge is 0.234 e. The van der Waals surface area contributed by atoms with Gasteiger partial charge in [0.25, 0.3) is 0 Å². The van der Waals surface area contributed by atoms with Crippen molar-refractivity contribution in [2.75, 3.05) is 11.1 Å². The summed E-state index contributed by atoms with van der Waals surface area (Å²) in [7, 11) is 0. The fourth-order valence-corrected chi connectivity index (χ4v) is 3.79. The lowest BCUT2D eigenvalue weighted by Gasteiger charge is -2.19. The van der Waals surface area contributed by atoms with Gasteiger partial charge in [0, 0.05) is 5.69 Å². The first kappa shape index (κ1) is 14.7. The molecule has 0 saturated heterocycles. The molecule has 4 rings (SSSR count). The van der Waals surface area contributed by atoms with Gasteiger partial charge in [-0.2, -0.15) is 0 Å². The monoisotopic (exact) mass is 329 g/mol. The number of nitrogens with one attached hydrogen (secondary N) is 1. The predicted molar refractivity (Wildman–Crippen MR) is 88.5 cm³/mol. The van der Waals surface area contributed by atoms with Gasteiger partial charge in [-0.3, -0.25) is 4.79 Å². The van der Waals surface area contributed by atoms with Crippen molar-refractivity contribution in [1.29, 1.82) is 0 Å². The molecule has 7 heteroatoms. The van der Waals surface area contributed by atoms with E-state index >= 15 is 0 Å². The normalized spacial score (nSPS) is 16.9. The maximum absolute atomic E-state index is 12.3. The van der Waals surface area contributed by atoms with E-state index in [1.807, 2.05) is 16.8 Å². The molecule has 1 N–H and O–H groups in total. The van der Waals surface area contributed by atoms with Gasteiger partial charge in [-0.05, 0) is 66.1 Å². The number of hydrogen-bond acceptors (Lipinski definition) is 5. The minimum absolute atomic E-state index is 0.000629. The first-order valence-electron chi connectivity index (χ1n) is 8.12. The van der Waals surface area contributed by atoms with Gasteiger partial charge in [0.15, 0.2) is 0 Å². The highest BCUT2D eigenvalue weighted by molar-refractivity contribution is 7.99. The number of thioether (sulfide) groups is 1. The Balaban J connectivity index is 1.39. The maximum atomic E-state index is 12.3. The second kappa shape index (κ2) is 6.31. The van der Waals surface area contributed by atoms with Crippen LogP contribution in [-0.2, 0) is 17.6 Å². The van der Waals surface area contributed by atoms with Crippen LogP contribution in [-0.4, -0.2) is 31.9 Å². The van der Waals surface area contributed by atoms with Crippen LogP contribution in [0.5, 0.6) is 0 Å². The molecular formula is C16H19N5OS. The Hall–Kier alpha value is -1.89. The fourth-order valence-electron chi connectivity index (χ4n) is 3.04. The van der Waals surface area contributed by atoms with Crippen LogP contribution in [0.15, 0.2) is 23.4 Å². The summed E-state index contributed by atoms with van der Waals surface area (Å²) in [6.07, 6.45) is 6.86. The van der Waals surface area contributed by atoms with Gasteiger partial charge < -0.3 is 5.32 Å². The molecule has 0 unspecified atom stereocenters. The van der Waals surface area contributed by atoms with Crippen molar-refractivity contribution < 1.29 is 4.79 Å². The number of nitrogens with zero attached hydrogens (tertiary/aromatic N) is 4. The molecular weight excluding hydrogens is 310 g/mol. The van der Waals surface area contributed by atoms with Crippen molar-refractivity contribution in [2.24, 2.45) is 0 Å². The van der Waals surface area contributed by atoms with Gasteiger partial charge in [-0.1, -0.05) is 23.9 Å². The van der Waals surface area contributed by atoms with Crippen LogP contribution in [0.4, 0.5) is 5.69 Å². The summed E-state index contributed by atoms with van der Waals surface area (Å²) >= 11 is 1.40. The molecule has 0 aliphatic heterocycles. The van der Waals surface area contributed by atoms with Crippen LogP contribution in [0, 0.1) is 0 Å². The molecule has 0 bridgehead atoms. The van der Waals surface area contributed by atoms with Crippen molar-refractivity contribution in [2.45, 2.75) is 49.7 Å². The minimum atomic E-state index is -0.000629. The fraction of sp³-hybridized carbons (Fsp3) is 0.500. The van der Waals surface area contributed by atoms with E-state index in [0.29, 0.717) is 11.8 Å². The van der Waals surface area contributed by atoms with Gasteiger partial charge in [0.1, 0.15) is 0 Å². The quantitative estimate of drug-likeness (QED) is 0.854. The lowest BCUT2D eigenvalue weighted by atomic mass is 9.90. The summed E-state index contributed by atoms with van der Waals surface area (Å²) in [6, 6.07) is 6.63. The summed E-state index contributed by atoms with van der Waals surface area (Å²) in [4.78, 5) is 12.3. The second-order valence-electron chi connectivity index (χ2n) is 6.12. The first-order valence-corrected chi connectivity index (χ1v) is 9.11. The maximum Gasteiger partial charge on any atom is 0.234 e. The highest BCUT2D eigenvalue weighted by Gasteiger charge is 2.28. The van der Waals surface area contributed by atoms with E-state index in [-0.39, 0.29) is 5.91 Å². The number of tetrazole rings is 1. The van der Waals surface area contributed by atoms with Crippen LogP contribution < -0.4 is 5.32 Å². The lowest BCUT2D eigenvalue weighted by Crippen LogP contribution is -2.17. The molecule has 1 fully saturated rings. The molecule has 120 valence electrons. The van der Waals surface area contributed by atoms with Crippen molar-refractivity contribution >= 4 is 23.4 Å². The van der Waals surface area contributed by atoms with E-state index < -0.39 is 0 Å². The Kier molecular flexibility index (Phi) is 4.03. The van der Waals surface area contributed by atoms with E-state index in [1.165, 1.54) is 35.7 Å². The molecule has 2 aliphatic rings. The number of rotatable bonds is 5. The number of hydrogen-bond donors (Lipinski definition) is 1. The average molecular weight is 329 g/mol. The van der Waals surface area contributed by atoms with Crippen molar-refractivity contribution in [3.8, 4) is 0 Å². The minimum Gasteiger partial charge on any atom is -0.325 e. The third kappa shape index (κ3) is 3.24. The first-order chi connectivity index (χ1) is 11.3. The molecule has 0 spiro atoms. The van der Waals surface area contributed by atoms with Crippen LogP contribution in [0.2, 0.25) is 0 Å². The predicted octanol–water partition coefficient (Wildman–Crippen LogP) is 2.62. The zero-order valence-electron chi connectivity index (χ0n) is 12.9. The molecule has 1 amide bonds. The third-order valence-corrected chi connectivity index (χ3v) is 5.29. The molecule has 0 radical (unpaired) electrons. The number of aryl methyl sites for hydroxylation is 1. The topological polar surface area (TPSA) is 72.7 Å². The standard InChI is InChI=1S/C16H19N5OS/c22-15(10-23-16-18-19-20-21(16)12-8-9-12)17-14-7-3-5-11-4-1-2-6-13(11)14/h3,5,7,12H,1-2,4,6,8-10H2,(H,17,22). The number of anilines is 1. The van der Waals surface area contributed by atoms with E-state index in [1.54, 1.807) is 0 Å². The molecule has 6 nitrogen and oxygen atoms in total. The number of amides is 1. The lowest BCUT2D eigenvalue weighted by molar-refractivity contribution is -0.113. The van der Waals surface area contributed by atoms with E-state index in [4.69, 9.17) is 0 Å². The van der Waals surface area contributed by atoms with Crippen LogP contribution >= 0.6 is 11.8 Å². The SMILES string of the molecule is O=C(CSc1nnnn1C1CC1)Nc1cccc2c1CCCC2. The summed E-state index contributed by atoms with van der Waals surface area (Å²) in [5.41, 5.74) is 3.65. The molecule has 1 saturated carbocycles. The molecule has 1 heterocycles. The van der Waals surface area contributed by atoms with Gasteiger partial charge >= 0.3 is 0 Å². The molecule has 1 aromatic carbocycles. The number of benzene rings is 1. The summed E-state index contributed by atoms with van der Waals surface area (Å²) in [6.45, 7) is 0. The van der Waals surface area contributed by atoms with Crippen LogP contribution in [0.3, 0.4) is 0 Å². The van der Waals surface area contributed by atoms with Gasteiger partial charge in [-0.25, -0.2) is 4.68 Å². The van der Waals surface area contributed by atoms with Gasteiger partial charge in [-0.15, -0.1) is 5.10 Å². The number of aromatic nitrogens is 4. The number of fused-ring (bicyclic) bond motifs is 1. The Bertz CT molecular complexity index is 725. The Morgan fingerprint density at radius 1 is 1.30 bits per heavy atom. The Morgan fingerprint density at radius 2 is 2.17 bits per heavy atom. The molecule has 1 aromatic heterocycles. The van der Waals surface area contributed by atoms with Crippen molar-refractivity contribution in [3.63, 3.8) is 0 Å². The average Bonchev–Trinajstić information content (AvgIpc) is 3.31. The third-order valence-electron chi connectivity index (χ3n) is 4.36. The largest absolute Gasteiger partial charge is 0.325 e. The second-order valence-corrected chi connectivity index (χ2v) is 7.07. The van der Waals surface area contributed by atoms with E-state index in [2.05, 4.69) is 26.9 Å². The van der Waals surface area contributed by atoms with Crippen molar-refractivity contribution in [3.05, 3.63) is 29.3 Å². The molecule has 2 aromatic rings. The van der Waals surface area contributed by atoms with Gasteiger partial charge in [0.2, 0.25) is 11.1 Å². The zero-order chi connectivity index (χ0) is 15.6. The number of carbonyl (C=O) groups excluding carboxylic acids is 1. The van der Waals surface area contributed by atoms with Crippen LogP contribution in [0.1, 0.15) is 42.9 Å². The summed E-state index contributed by atoms with van der Waals surface area (Å²) in [5, 5.41) is 15.5. The van der Waals surface area contributed by atoms with Crippen molar-refractivity contribution in [1.82, 2.24) is 20.2 Å². The van der Waals surface area contributed by atoms with Crippen LogP contribution in [0.25, 0.3) is 0 Å². The van der Waals surface area contributed by atoms with E-state index in [0.717, 1.165) is 36.5 Å². The molecule has 0 atom stereocenters. The molecule has 2 aliphatic carbocycles. The Labute approximate surface area is 139 Å². The van der Waals surface area contributed by atoms with Gasteiger partial charge in [0.05, 0.1) is 11.8 Å². The number of carbonyl (C=O) groups is 1. The zero-order valence-corrected chi connectivity index (χ0v) is 13.7. The highest BCUT2D eigenvalue weighted by Crippen LogP contribution is 2.36. The Morgan fingerprint density at radius 3 is 3.04 bits per heavy atom.